The number of imide groups is 1. The highest BCUT2D eigenvalue weighted by molar-refractivity contribution is 7.99. The zero-order valence-electron chi connectivity index (χ0n) is 17.4. The summed E-state index contributed by atoms with van der Waals surface area (Å²) in [6, 6.07) is 4.86. The highest BCUT2D eigenvalue weighted by atomic mass is 32.2. The van der Waals surface area contributed by atoms with E-state index < -0.39 is 23.8 Å². The molecule has 4 atom stereocenters. The van der Waals surface area contributed by atoms with Gasteiger partial charge in [0.05, 0.1) is 29.2 Å². The quantitative estimate of drug-likeness (QED) is 0.730. The fraction of sp³-hybridized carbons (Fsp3) is 0.600. The third kappa shape index (κ3) is 4.76. The van der Waals surface area contributed by atoms with Crippen molar-refractivity contribution in [2.45, 2.75) is 49.9 Å². The van der Waals surface area contributed by atoms with Gasteiger partial charge in [-0.15, -0.1) is 11.8 Å². The maximum Gasteiger partial charge on any atom is 0.416 e. The van der Waals surface area contributed by atoms with Gasteiger partial charge in [0.1, 0.15) is 0 Å². The van der Waals surface area contributed by atoms with Crippen LogP contribution >= 0.6 is 11.8 Å². The molecule has 2 fully saturated rings. The molecule has 3 amide bonds. The number of nitrogens with zero attached hydrogens (tertiary/aromatic N) is 2. The van der Waals surface area contributed by atoms with Crippen LogP contribution in [0.25, 0.3) is 0 Å². The Bertz CT molecular complexity index is 805. The zero-order valence-corrected chi connectivity index (χ0v) is 18.2. The standard InChI is InChI=1S/C20H27F3N4O2S/c1-11(2)8-14-24-16-15(18(28)27(4)19(29)26(16)3)17(25-14)30-10-12-6-5-7-13(9-12)20(21,22)23/h5-7,9,11,14-17,24-25H,8,10H2,1-4H3. The van der Waals surface area contributed by atoms with Gasteiger partial charge in [-0.25, -0.2) is 4.79 Å². The van der Waals surface area contributed by atoms with E-state index in [9.17, 15) is 22.8 Å². The van der Waals surface area contributed by atoms with E-state index in [2.05, 4.69) is 24.5 Å². The normalized spacial score (nSPS) is 27.6. The molecule has 0 bridgehead atoms. The van der Waals surface area contributed by atoms with Crippen LogP contribution in [-0.2, 0) is 16.7 Å². The van der Waals surface area contributed by atoms with Crippen LogP contribution in [0, 0.1) is 11.8 Å². The van der Waals surface area contributed by atoms with Crippen molar-refractivity contribution < 1.29 is 22.8 Å². The fourth-order valence-electron chi connectivity index (χ4n) is 3.90. The Morgan fingerprint density at radius 2 is 1.87 bits per heavy atom. The molecule has 0 spiro atoms. The third-order valence-electron chi connectivity index (χ3n) is 5.42. The Labute approximate surface area is 178 Å². The molecular formula is C20H27F3N4O2S. The van der Waals surface area contributed by atoms with Crippen molar-refractivity contribution in [2.24, 2.45) is 11.8 Å². The van der Waals surface area contributed by atoms with E-state index in [1.165, 1.54) is 29.8 Å². The summed E-state index contributed by atoms with van der Waals surface area (Å²) in [5.74, 6) is -0.151. The minimum absolute atomic E-state index is 0.114. The smallest absolute Gasteiger partial charge is 0.311 e. The van der Waals surface area contributed by atoms with Gasteiger partial charge in [-0.05, 0) is 24.0 Å². The molecular weight excluding hydrogens is 417 g/mol. The monoisotopic (exact) mass is 444 g/mol. The molecule has 0 saturated carbocycles. The van der Waals surface area contributed by atoms with Gasteiger partial charge >= 0.3 is 12.2 Å². The number of urea groups is 1. The number of alkyl halides is 3. The predicted molar refractivity (Wildman–Crippen MR) is 109 cm³/mol. The van der Waals surface area contributed by atoms with Crippen LogP contribution in [0.4, 0.5) is 18.0 Å². The zero-order chi connectivity index (χ0) is 22.2. The molecule has 1 aromatic carbocycles. The highest BCUT2D eigenvalue weighted by Gasteiger charge is 2.50. The fourth-order valence-corrected chi connectivity index (χ4v) is 5.18. The molecule has 0 radical (unpaired) electrons. The number of carbonyl (C=O) groups excluding carboxylic acids is 2. The van der Waals surface area contributed by atoms with E-state index in [1.54, 1.807) is 13.1 Å². The maximum atomic E-state index is 13.0. The van der Waals surface area contributed by atoms with Crippen molar-refractivity contribution >= 4 is 23.7 Å². The number of carbonyl (C=O) groups is 2. The summed E-state index contributed by atoms with van der Waals surface area (Å²) < 4.78 is 39.0. The Morgan fingerprint density at radius 1 is 1.17 bits per heavy atom. The van der Waals surface area contributed by atoms with E-state index in [-0.39, 0.29) is 23.5 Å². The summed E-state index contributed by atoms with van der Waals surface area (Å²) in [6.45, 7) is 4.16. The number of benzene rings is 1. The van der Waals surface area contributed by atoms with Crippen LogP contribution in [0.2, 0.25) is 0 Å². The minimum atomic E-state index is -4.40. The first-order chi connectivity index (χ1) is 14.0. The summed E-state index contributed by atoms with van der Waals surface area (Å²) in [7, 11) is 3.11. The molecule has 4 unspecified atom stereocenters. The molecule has 166 valence electrons. The van der Waals surface area contributed by atoms with Gasteiger partial charge < -0.3 is 4.90 Å². The van der Waals surface area contributed by atoms with E-state index in [0.717, 1.165) is 23.5 Å². The average Bonchev–Trinajstić information content (AvgIpc) is 2.67. The molecule has 0 aliphatic carbocycles. The van der Waals surface area contributed by atoms with Gasteiger partial charge in [0.15, 0.2) is 0 Å². The van der Waals surface area contributed by atoms with Crippen LogP contribution in [0.15, 0.2) is 24.3 Å². The van der Waals surface area contributed by atoms with Gasteiger partial charge in [0.2, 0.25) is 5.91 Å². The molecule has 2 saturated heterocycles. The first-order valence-corrected chi connectivity index (χ1v) is 10.9. The van der Waals surface area contributed by atoms with Crippen molar-refractivity contribution in [3.63, 3.8) is 0 Å². The molecule has 2 aliphatic heterocycles. The third-order valence-corrected chi connectivity index (χ3v) is 6.70. The lowest BCUT2D eigenvalue weighted by Crippen LogP contribution is -2.74. The number of hydrogen-bond donors (Lipinski definition) is 2. The van der Waals surface area contributed by atoms with E-state index in [1.807, 2.05) is 0 Å². The summed E-state index contributed by atoms with van der Waals surface area (Å²) >= 11 is 1.39. The molecule has 2 aliphatic rings. The SMILES string of the molecule is CC(C)CC1NC(SCc2cccc(C(F)(F)F)c2)C2C(=O)N(C)C(=O)N(C)C2N1. The molecule has 10 heteroatoms. The summed E-state index contributed by atoms with van der Waals surface area (Å²) in [6.07, 6.45) is -4.19. The lowest BCUT2D eigenvalue weighted by Gasteiger charge is -2.50. The van der Waals surface area contributed by atoms with Crippen LogP contribution in [0.1, 0.15) is 31.4 Å². The Kier molecular flexibility index (Phi) is 6.69. The molecule has 0 aromatic heterocycles. The highest BCUT2D eigenvalue weighted by Crippen LogP contribution is 2.35. The number of nitrogens with one attached hydrogen (secondary N) is 2. The van der Waals surface area contributed by atoms with Crippen molar-refractivity contribution in [1.82, 2.24) is 20.4 Å². The molecule has 3 rings (SSSR count). The van der Waals surface area contributed by atoms with Crippen LogP contribution < -0.4 is 10.6 Å². The van der Waals surface area contributed by atoms with E-state index >= 15 is 0 Å². The van der Waals surface area contributed by atoms with E-state index in [4.69, 9.17) is 0 Å². The predicted octanol–water partition coefficient (Wildman–Crippen LogP) is 3.30. The van der Waals surface area contributed by atoms with Gasteiger partial charge in [-0.2, -0.15) is 13.2 Å². The molecule has 2 N–H and O–H groups in total. The maximum absolute atomic E-state index is 13.0. The second kappa shape index (κ2) is 8.76. The molecule has 6 nitrogen and oxygen atoms in total. The van der Waals surface area contributed by atoms with Crippen molar-refractivity contribution in [1.29, 1.82) is 0 Å². The topological polar surface area (TPSA) is 64.7 Å². The minimum Gasteiger partial charge on any atom is -0.311 e. The lowest BCUT2D eigenvalue weighted by atomic mass is 9.95. The van der Waals surface area contributed by atoms with Crippen LogP contribution in [0.5, 0.6) is 0 Å². The van der Waals surface area contributed by atoms with Gasteiger partial charge in [0, 0.05) is 19.8 Å². The number of hydrogen-bond acceptors (Lipinski definition) is 5. The number of fused-ring (bicyclic) bond motifs is 1. The number of halogens is 3. The Hall–Kier alpha value is -1.78. The first kappa shape index (κ1) is 22.9. The van der Waals surface area contributed by atoms with E-state index in [0.29, 0.717) is 17.2 Å². The largest absolute Gasteiger partial charge is 0.416 e. The first-order valence-electron chi connectivity index (χ1n) is 9.83. The van der Waals surface area contributed by atoms with Crippen molar-refractivity contribution in [3.8, 4) is 0 Å². The lowest BCUT2D eigenvalue weighted by molar-refractivity contribution is -0.140. The van der Waals surface area contributed by atoms with Crippen molar-refractivity contribution in [3.05, 3.63) is 35.4 Å². The number of amides is 3. The Balaban J connectivity index is 1.81. The van der Waals surface area contributed by atoms with Crippen LogP contribution in [-0.4, -0.2) is 53.5 Å². The summed E-state index contributed by atoms with van der Waals surface area (Å²) in [5, 5.41) is 6.44. The van der Waals surface area contributed by atoms with Gasteiger partial charge in [0.25, 0.3) is 0 Å². The van der Waals surface area contributed by atoms with Crippen LogP contribution in [0.3, 0.4) is 0 Å². The second-order valence-electron chi connectivity index (χ2n) is 8.21. The van der Waals surface area contributed by atoms with Gasteiger partial charge in [-0.3, -0.25) is 20.3 Å². The molecule has 2 heterocycles. The Morgan fingerprint density at radius 3 is 2.50 bits per heavy atom. The molecule has 1 aromatic rings. The number of thioether (sulfide) groups is 1. The molecule has 30 heavy (non-hydrogen) atoms. The second-order valence-corrected chi connectivity index (χ2v) is 9.34. The van der Waals surface area contributed by atoms with Gasteiger partial charge in [-0.1, -0.05) is 32.0 Å². The average molecular weight is 445 g/mol. The summed E-state index contributed by atoms with van der Waals surface area (Å²) in [4.78, 5) is 27.9. The van der Waals surface area contributed by atoms with Crippen molar-refractivity contribution in [2.75, 3.05) is 14.1 Å². The summed E-state index contributed by atoms with van der Waals surface area (Å²) in [5.41, 5.74) is -0.151. The number of rotatable bonds is 5.